The van der Waals surface area contributed by atoms with Gasteiger partial charge in [-0.15, -0.1) is 11.8 Å². The molecule has 0 aliphatic heterocycles. The Morgan fingerprint density at radius 3 is 2.20 bits per heavy atom. The Morgan fingerprint density at radius 1 is 0.800 bits per heavy atom. The summed E-state index contributed by atoms with van der Waals surface area (Å²) >= 11 is 1.25. The summed E-state index contributed by atoms with van der Waals surface area (Å²) in [6, 6.07) is 14.0. The lowest BCUT2D eigenvalue weighted by molar-refractivity contribution is -0.119. The number of carbonyl (C=O) groups is 4. The molecule has 2 aliphatic carbocycles. The average Bonchev–Trinajstić information content (AvgIpc) is 3.53. The third-order valence-electron chi connectivity index (χ3n) is 5.88. The van der Waals surface area contributed by atoms with Gasteiger partial charge in [-0.05, 0) is 49.9 Å². The van der Waals surface area contributed by atoms with E-state index in [4.69, 9.17) is 4.74 Å². The van der Waals surface area contributed by atoms with E-state index >= 15 is 0 Å². The second-order valence-corrected chi connectivity index (χ2v) is 9.77. The summed E-state index contributed by atoms with van der Waals surface area (Å²) < 4.78 is 5.23. The molecule has 0 radical (unpaired) electrons. The van der Waals surface area contributed by atoms with Gasteiger partial charge in [0.05, 0.1) is 22.6 Å². The molecule has 184 valence electrons. The van der Waals surface area contributed by atoms with Crippen LogP contribution in [0.15, 0.2) is 53.4 Å². The highest BCUT2D eigenvalue weighted by Gasteiger charge is 2.24. The normalized spacial score (nSPS) is 15.3. The highest BCUT2D eigenvalue weighted by Crippen LogP contribution is 2.25. The van der Waals surface area contributed by atoms with Crippen molar-refractivity contribution in [3.63, 3.8) is 0 Å². The number of esters is 1. The van der Waals surface area contributed by atoms with Crippen molar-refractivity contribution in [1.29, 1.82) is 0 Å². The van der Waals surface area contributed by atoms with Gasteiger partial charge in [-0.25, -0.2) is 4.79 Å². The highest BCUT2D eigenvalue weighted by molar-refractivity contribution is 8.00. The molecule has 0 heterocycles. The zero-order valence-corrected chi connectivity index (χ0v) is 20.2. The van der Waals surface area contributed by atoms with Gasteiger partial charge in [-0.1, -0.05) is 37.1 Å². The molecule has 3 amide bonds. The van der Waals surface area contributed by atoms with Crippen LogP contribution in [0.25, 0.3) is 0 Å². The molecular weight excluding hydrogens is 466 g/mol. The number of ether oxygens (including phenoxy) is 1. The second-order valence-electron chi connectivity index (χ2n) is 8.75. The fourth-order valence-corrected chi connectivity index (χ4v) is 4.77. The van der Waals surface area contributed by atoms with Crippen molar-refractivity contribution in [2.75, 3.05) is 17.7 Å². The molecule has 2 aromatic rings. The summed E-state index contributed by atoms with van der Waals surface area (Å²) in [4.78, 5) is 50.4. The molecule has 2 fully saturated rings. The number of benzene rings is 2. The average molecular weight is 496 g/mol. The first-order chi connectivity index (χ1) is 17.0. The summed E-state index contributed by atoms with van der Waals surface area (Å²) in [5.74, 6) is -1.32. The standard InChI is InChI=1S/C26H29N3O5S/c30-23(29-21-11-5-3-9-19(21)25(32)28-17-7-1-2-8-17)15-34-26(33)20-10-4-6-12-22(20)35-16-24(31)27-18-13-14-18/h3-6,9-12,17-18H,1-2,7-8,13-16H2,(H,27,31)(H,28,32)(H,29,30). The molecule has 35 heavy (non-hydrogen) atoms. The quantitative estimate of drug-likeness (QED) is 0.343. The first-order valence-corrected chi connectivity index (χ1v) is 12.9. The van der Waals surface area contributed by atoms with Gasteiger partial charge >= 0.3 is 5.97 Å². The van der Waals surface area contributed by atoms with E-state index in [2.05, 4.69) is 16.0 Å². The molecule has 2 aliphatic rings. The summed E-state index contributed by atoms with van der Waals surface area (Å²) in [5, 5.41) is 8.59. The summed E-state index contributed by atoms with van der Waals surface area (Å²) in [6.07, 6.45) is 6.14. The monoisotopic (exact) mass is 495 g/mol. The van der Waals surface area contributed by atoms with Crippen LogP contribution in [0, 0.1) is 0 Å². The molecule has 4 rings (SSSR count). The molecule has 9 heteroatoms. The van der Waals surface area contributed by atoms with E-state index in [1.807, 2.05) is 0 Å². The van der Waals surface area contributed by atoms with Gasteiger partial charge < -0.3 is 20.7 Å². The summed E-state index contributed by atoms with van der Waals surface area (Å²) in [7, 11) is 0. The number of carbonyl (C=O) groups excluding carboxylic acids is 4. The van der Waals surface area contributed by atoms with Crippen molar-refractivity contribution in [2.24, 2.45) is 0 Å². The molecule has 0 unspecified atom stereocenters. The van der Waals surface area contributed by atoms with E-state index in [0.717, 1.165) is 38.5 Å². The van der Waals surface area contributed by atoms with Crippen molar-refractivity contribution in [1.82, 2.24) is 10.6 Å². The van der Waals surface area contributed by atoms with Gasteiger partial charge in [0.2, 0.25) is 5.91 Å². The fourth-order valence-electron chi connectivity index (χ4n) is 3.92. The first-order valence-electron chi connectivity index (χ1n) is 11.9. The van der Waals surface area contributed by atoms with Gasteiger partial charge in [-0.3, -0.25) is 14.4 Å². The van der Waals surface area contributed by atoms with Crippen LogP contribution in [-0.2, 0) is 14.3 Å². The Labute approximate surface area is 208 Å². The van der Waals surface area contributed by atoms with E-state index in [1.165, 1.54) is 11.8 Å². The lowest BCUT2D eigenvalue weighted by atomic mass is 10.1. The lowest BCUT2D eigenvalue weighted by Gasteiger charge is -2.15. The molecule has 0 atom stereocenters. The molecule has 8 nitrogen and oxygen atoms in total. The van der Waals surface area contributed by atoms with E-state index < -0.39 is 18.5 Å². The van der Waals surface area contributed by atoms with Crippen molar-refractivity contribution in [2.45, 2.75) is 55.5 Å². The fraction of sp³-hybridized carbons (Fsp3) is 0.385. The number of amides is 3. The number of hydrogen-bond acceptors (Lipinski definition) is 6. The maximum absolute atomic E-state index is 12.7. The first kappa shape index (κ1) is 24.8. The van der Waals surface area contributed by atoms with Crippen LogP contribution in [0.5, 0.6) is 0 Å². The van der Waals surface area contributed by atoms with Crippen LogP contribution in [0.2, 0.25) is 0 Å². The minimum Gasteiger partial charge on any atom is -0.452 e. The Morgan fingerprint density at radius 2 is 1.46 bits per heavy atom. The van der Waals surface area contributed by atoms with Crippen LogP contribution < -0.4 is 16.0 Å². The van der Waals surface area contributed by atoms with E-state index in [9.17, 15) is 19.2 Å². The summed E-state index contributed by atoms with van der Waals surface area (Å²) in [5.41, 5.74) is 1.02. The van der Waals surface area contributed by atoms with E-state index in [-0.39, 0.29) is 29.7 Å². The van der Waals surface area contributed by atoms with Crippen molar-refractivity contribution < 1.29 is 23.9 Å². The predicted octanol–water partition coefficient (Wildman–Crippen LogP) is 3.53. The summed E-state index contributed by atoms with van der Waals surface area (Å²) in [6.45, 7) is -0.501. The maximum atomic E-state index is 12.7. The Kier molecular flexibility index (Phi) is 8.41. The van der Waals surface area contributed by atoms with Crippen LogP contribution in [0.3, 0.4) is 0 Å². The zero-order chi connectivity index (χ0) is 24.6. The Bertz CT molecular complexity index is 1100. The predicted molar refractivity (Wildman–Crippen MR) is 133 cm³/mol. The van der Waals surface area contributed by atoms with Crippen LogP contribution in [0.4, 0.5) is 5.69 Å². The molecule has 0 saturated heterocycles. The molecule has 2 aromatic carbocycles. The number of hydrogen-bond donors (Lipinski definition) is 3. The molecule has 0 aromatic heterocycles. The number of thioether (sulfide) groups is 1. The topological polar surface area (TPSA) is 114 Å². The van der Waals surface area contributed by atoms with E-state index in [1.54, 1.807) is 48.5 Å². The van der Waals surface area contributed by atoms with Crippen LogP contribution in [-0.4, -0.2) is 48.1 Å². The third-order valence-corrected chi connectivity index (χ3v) is 6.95. The van der Waals surface area contributed by atoms with Crippen molar-refractivity contribution >= 4 is 41.1 Å². The van der Waals surface area contributed by atoms with Gasteiger partial charge in [0, 0.05) is 17.0 Å². The minimum atomic E-state index is -0.655. The van der Waals surface area contributed by atoms with Gasteiger partial charge in [0.15, 0.2) is 6.61 Å². The smallest absolute Gasteiger partial charge is 0.339 e. The van der Waals surface area contributed by atoms with Crippen molar-refractivity contribution in [3.05, 3.63) is 59.7 Å². The maximum Gasteiger partial charge on any atom is 0.339 e. The lowest BCUT2D eigenvalue weighted by Crippen LogP contribution is -2.33. The number of rotatable bonds is 10. The minimum absolute atomic E-state index is 0.0734. The molecule has 3 N–H and O–H groups in total. The molecular formula is C26H29N3O5S. The number of para-hydroxylation sites is 1. The van der Waals surface area contributed by atoms with Crippen LogP contribution in [0.1, 0.15) is 59.2 Å². The zero-order valence-electron chi connectivity index (χ0n) is 19.4. The molecule has 2 saturated carbocycles. The van der Waals surface area contributed by atoms with Crippen LogP contribution >= 0.6 is 11.8 Å². The number of anilines is 1. The van der Waals surface area contributed by atoms with Gasteiger partial charge in [-0.2, -0.15) is 0 Å². The molecule has 0 spiro atoms. The number of nitrogens with one attached hydrogen (secondary N) is 3. The van der Waals surface area contributed by atoms with Gasteiger partial charge in [0.25, 0.3) is 11.8 Å². The Hall–Kier alpha value is -3.33. The second kappa shape index (κ2) is 11.9. The van der Waals surface area contributed by atoms with Gasteiger partial charge in [0.1, 0.15) is 0 Å². The Balaban J connectivity index is 1.30. The highest BCUT2D eigenvalue weighted by atomic mass is 32.2. The molecule has 0 bridgehead atoms. The largest absolute Gasteiger partial charge is 0.452 e. The SMILES string of the molecule is O=C(COC(=O)c1ccccc1SCC(=O)NC1CC1)Nc1ccccc1C(=O)NC1CCCC1. The van der Waals surface area contributed by atoms with E-state index in [0.29, 0.717) is 21.7 Å². The van der Waals surface area contributed by atoms with Crippen molar-refractivity contribution in [3.8, 4) is 0 Å². The third kappa shape index (κ3) is 7.32.